The molecule has 0 aromatic heterocycles. The van der Waals surface area contributed by atoms with Gasteiger partial charge in [-0.3, -0.25) is 0 Å². The van der Waals surface area contributed by atoms with Gasteiger partial charge in [-0.1, -0.05) is 43.7 Å². The maximum Gasteiger partial charge on any atom is 0.0320 e. The first-order valence-electron chi connectivity index (χ1n) is 8.31. The van der Waals surface area contributed by atoms with Crippen molar-refractivity contribution in [2.45, 2.75) is 69.6 Å². The molecule has 0 aliphatic carbocycles. The summed E-state index contributed by atoms with van der Waals surface area (Å²) >= 11 is 0. The molecule has 110 valence electrons. The van der Waals surface area contributed by atoms with Crippen molar-refractivity contribution in [1.82, 2.24) is 10.2 Å². The molecule has 2 bridgehead atoms. The summed E-state index contributed by atoms with van der Waals surface area (Å²) in [6, 6.07) is 13.8. The van der Waals surface area contributed by atoms with Crippen molar-refractivity contribution in [1.29, 1.82) is 0 Å². The second kappa shape index (κ2) is 6.28. The molecule has 3 rings (SSSR count). The maximum atomic E-state index is 3.94. The number of nitrogens with zero attached hydrogens (tertiary/aromatic N) is 1. The molecule has 20 heavy (non-hydrogen) atoms. The van der Waals surface area contributed by atoms with E-state index in [1.807, 2.05) is 0 Å². The molecule has 2 saturated heterocycles. The number of hydrogen-bond donors (Lipinski definition) is 1. The first kappa shape index (κ1) is 14.1. The Morgan fingerprint density at radius 1 is 1.15 bits per heavy atom. The molecular formula is C18H28N2. The molecule has 3 unspecified atom stereocenters. The Morgan fingerprint density at radius 3 is 2.40 bits per heavy atom. The molecule has 2 nitrogen and oxygen atoms in total. The van der Waals surface area contributed by atoms with Gasteiger partial charge in [-0.05, 0) is 44.7 Å². The lowest BCUT2D eigenvalue weighted by Gasteiger charge is -2.48. The van der Waals surface area contributed by atoms with Crippen LogP contribution < -0.4 is 5.32 Å². The molecule has 0 saturated carbocycles. The van der Waals surface area contributed by atoms with Gasteiger partial charge in [0.15, 0.2) is 0 Å². The Bertz CT molecular complexity index is 403. The van der Waals surface area contributed by atoms with Crippen molar-refractivity contribution < 1.29 is 0 Å². The van der Waals surface area contributed by atoms with Crippen molar-refractivity contribution in [2.24, 2.45) is 0 Å². The lowest BCUT2D eigenvalue weighted by Crippen LogP contribution is -2.54. The van der Waals surface area contributed by atoms with E-state index >= 15 is 0 Å². The van der Waals surface area contributed by atoms with Crippen LogP contribution in [0.15, 0.2) is 30.3 Å². The average Bonchev–Trinajstić information content (AvgIpc) is 2.46. The summed E-state index contributed by atoms with van der Waals surface area (Å²) < 4.78 is 0. The minimum absolute atomic E-state index is 0.519. The van der Waals surface area contributed by atoms with Gasteiger partial charge >= 0.3 is 0 Å². The van der Waals surface area contributed by atoms with E-state index in [0.717, 1.165) is 12.1 Å². The largest absolute Gasteiger partial charge is 0.307 e. The summed E-state index contributed by atoms with van der Waals surface area (Å²) in [5.74, 6) is 0. The number of piperidine rings is 2. The van der Waals surface area contributed by atoms with Crippen LogP contribution in [0, 0.1) is 0 Å². The monoisotopic (exact) mass is 272 g/mol. The van der Waals surface area contributed by atoms with Crippen LogP contribution in [0.25, 0.3) is 0 Å². The highest BCUT2D eigenvalue weighted by Gasteiger charge is 2.36. The minimum Gasteiger partial charge on any atom is -0.307 e. The molecular weight excluding hydrogens is 244 g/mol. The number of nitrogens with one attached hydrogen (secondary N) is 1. The lowest BCUT2D eigenvalue weighted by atomic mass is 9.82. The highest BCUT2D eigenvalue weighted by atomic mass is 15.2. The van der Waals surface area contributed by atoms with E-state index in [0.29, 0.717) is 12.1 Å². The molecule has 0 radical (unpaired) electrons. The summed E-state index contributed by atoms with van der Waals surface area (Å²) in [5, 5.41) is 3.94. The van der Waals surface area contributed by atoms with E-state index in [9.17, 15) is 0 Å². The molecule has 2 aliphatic rings. The highest BCUT2D eigenvalue weighted by Crippen LogP contribution is 2.33. The van der Waals surface area contributed by atoms with Crippen molar-refractivity contribution in [3.63, 3.8) is 0 Å². The van der Waals surface area contributed by atoms with E-state index in [4.69, 9.17) is 0 Å². The van der Waals surface area contributed by atoms with Crippen LogP contribution in [-0.2, 0) is 0 Å². The quantitative estimate of drug-likeness (QED) is 0.898. The standard InChI is InChI=1S/C18H28N2/c1-3-18(14-8-5-4-6-9-14)19-15-12-16-10-7-11-17(13-15)20(16)2/h4-6,8-9,15-19H,3,7,10-13H2,1-2H3. The molecule has 0 spiro atoms. The Morgan fingerprint density at radius 2 is 1.80 bits per heavy atom. The number of hydrogen-bond acceptors (Lipinski definition) is 2. The molecule has 2 aliphatic heterocycles. The fourth-order valence-electron chi connectivity index (χ4n) is 4.17. The number of rotatable bonds is 4. The summed E-state index contributed by atoms with van der Waals surface area (Å²) in [6.07, 6.45) is 8.06. The van der Waals surface area contributed by atoms with Gasteiger partial charge in [0.2, 0.25) is 0 Å². The maximum absolute atomic E-state index is 3.94. The molecule has 2 fully saturated rings. The van der Waals surface area contributed by atoms with Gasteiger partial charge in [0.05, 0.1) is 0 Å². The average molecular weight is 272 g/mol. The van der Waals surface area contributed by atoms with Crippen molar-refractivity contribution >= 4 is 0 Å². The fraction of sp³-hybridized carbons (Fsp3) is 0.667. The Hall–Kier alpha value is -0.860. The molecule has 3 atom stereocenters. The zero-order valence-corrected chi connectivity index (χ0v) is 12.9. The first-order chi connectivity index (χ1) is 9.78. The lowest BCUT2D eigenvalue weighted by molar-refractivity contribution is 0.0456. The summed E-state index contributed by atoms with van der Waals surface area (Å²) in [4.78, 5) is 2.64. The van der Waals surface area contributed by atoms with Gasteiger partial charge in [0.25, 0.3) is 0 Å². The molecule has 1 N–H and O–H groups in total. The molecule has 2 heteroatoms. The normalized spacial score (nSPS) is 32.0. The van der Waals surface area contributed by atoms with Crippen LogP contribution in [0.2, 0.25) is 0 Å². The van der Waals surface area contributed by atoms with Crippen molar-refractivity contribution in [3.8, 4) is 0 Å². The highest BCUT2D eigenvalue weighted by molar-refractivity contribution is 5.19. The molecule has 0 amide bonds. The minimum atomic E-state index is 0.519. The van der Waals surface area contributed by atoms with E-state index in [-0.39, 0.29) is 0 Å². The molecule has 1 aromatic carbocycles. The van der Waals surface area contributed by atoms with Gasteiger partial charge in [-0.2, -0.15) is 0 Å². The van der Waals surface area contributed by atoms with Gasteiger partial charge in [0, 0.05) is 24.2 Å². The number of fused-ring (bicyclic) bond motifs is 2. The van der Waals surface area contributed by atoms with Gasteiger partial charge in [-0.25, -0.2) is 0 Å². The Kier molecular flexibility index (Phi) is 4.42. The van der Waals surface area contributed by atoms with Crippen LogP contribution in [0.4, 0.5) is 0 Å². The Labute approximate surface area is 123 Å². The summed E-state index contributed by atoms with van der Waals surface area (Å²) in [6.45, 7) is 2.29. The smallest absolute Gasteiger partial charge is 0.0320 e. The van der Waals surface area contributed by atoms with Crippen molar-refractivity contribution in [2.75, 3.05) is 7.05 Å². The summed E-state index contributed by atoms with van der Waals surface area (Å²) in [7, 11) is 2.33. The zero-order valence-electron chi connectivity index (χ0n) is 12.9. The molecule has 2 heterocycles. The van der Waals surface area contributed by atoms with Crippen LogP contribution >= 0.6 is 0 Å². The predicted molar refractivity (Wildman–Crippen MR) is 84.8 cm³/mol. The van der Waals surface area contributed by atoms with E-state index < -0.39 is 0 Å². The van der Waals surface area contributed by atoms with Gasteiger partial charge < -0.3 is 10.2 Å². The molecule has 1 aromatic rings. The summed E-state index contributed by atoms with van der Waals surface area (Å²) in [5.41, 5.74) is 1.44. The second-order valence-electron chi connectivity index (χ2n) is 6.61. The zero-order chi connectivity index (χ0) is 13.9. The van der Waals surface area contributed by atoms with E-state index in [2.05, 4.69) is 54.5 Å². The van der Waals surface area contributed by atoms with E-state index in [1.54, 1.807) is 0 Å². The third kappa shape index (κ3) is 2.91. The van der Waals surface area contributed by atoms with Crippen LogP contribution in [0.5, 0.6) is 0 Å². The SMILES string of the molecule is CCC(NC1CC2CCCC(C1)N2C)c1ccccc1. The van der Waals surface area contributed by atoms with Gasteiger partial charge in [-0.15, -0.1) is 0 Å². The third-order valence-electron chi connectivity index (χ3n) is 5.39. The van der Waals surface area contributed by atoms with Crippen LogP contribution in [0.3, 0.4) is 0 Å². The number of benzene rings is 1. The second-order valence-corrected chi connectivity index (χ2v) is 6.61. The van der Waals surface area contributed by atoms with E-state index in [1.165, 1.54) is 44.1 Å². The van der Waals surface area contributed by atoms with Gasteiger partial charge in [0.1, 0.15) is 0 Å². The van der Waals surface area contributed by atoms with Crippen molar-refractivity contribution in [3.05, 3.63) is 35.9 Å². The predicted octanol–water partition coefficient (Wildman–Crippen LogP) is 3.74. The fourth-order valence-corrected chi connectivity index (χ4v) is 4.17. The Balaban J connectivity index is 1.65. The van der Waals surface area contributed by atoms with Crippen LogP contribution in [-0.4, -0.2) is 30.1 Å². The third-order valence-corrected chi connectivity index (χ3v) is 5.39. The van der Waals surface area contributed by atoms with Crippen LogP contribution in [0.1, 0.15) is 57.1 Å². The topological polar surface area (TPSA) is 15.3 Å². The first-order valence-corrected chi connectivity index (χ1v) is 8.31.